The van der Waals surface area contributed by atoms with Gasteiger partial charge in [-0.25, -0.2) is 13.8 Å². The highest BCUT2D eigenvalue weighted by Gasteiger charge is 2.16. The number of anilines is 3. The van der Waals surface area contributed by atoms with Gasteiger partial charge in [-0.15, -0.1) is 0 Å². The smallest absolute Gasteiger partial charge is 0.224 e. The second-order valence-electron chi connectivity index (χ2n) is 7.26. The summed E-state index contributed by atoms with van der Waals surface area (Å²) < 4.78 is 27.7. The van der Waals surface area contributed by atoms with Crippen molar-refractivity contribution in [3.63, 3.8) is 0 Å². The predicted octanol–water partition coefficient (Wildman–Crippen LogP) is 5.21. The zero-order valence-electron chi connectivity index (χ0n) is 18.6. The molecule has 0 unspecified atom stereocenters. The number of hydrogen-bond donors (Lipinski definition) is 2. The number of carbonyl (C=O) groups is 1. The van der Waals surface area contributed by atoms with E-state index < -0.39 is 11.6 Å². The average molecular weight is 452 g/mol. The van der Waals surface area contributed by atoms with Gasteiger partial charge in [-0.3, -0.25) is 4.79 Å². The molecule has 0 aliphatic rings. The van der Waals surface area contributed by atoms with E-state index in [9.17, 15) is 13.6 Å². The van der Waals surface area contributed by atoms with Crippen LogP contribution in [0.2, 0.25) is 0 Å². The maximum Gasteiger partial charge on any atom is 0.224 e. The predicted molar refractivity (Wildman–Crippen MR) is 124 cm³/mol. The van der Waals surface area contributed by atoms with Gasteiger partial charge in [0, 0.05) is 38.7 Å². The minimum Gasteiger partial charge on any atom is -0.369 e. The molecular weight excluding hydrogens is 420 g/mol. The number of amides is 1. The largest absolute Gasteiger partial charge is 0.369 e. The summed E-state index contributed by atoms with van der Waals surface area (Å²) in [4.78, 5) is 24.0. The topological polar surface area (TPSA) is 64.3 Å². The van der Waals surface area contributed by atoms with Gasteiger partial charge in [0.2, 0.25) is 5.91 Å². The van der Waals surface area contributed by atoms with E-state index in [1.165, 1.54) is 12.1 Å². The standard InChI is InChI=1S/C22H31F2N5OS/c1-5-12-29(18-11-10-16(23)14-17(18)24)13-8-9-19(30)27-20-21(28(6-2)7-3)25-15(4)26-22(20)31/h10-11,14H,5-9,12-13H2,1-4H3,(H,27,30)(H,25,26,31). The third-order valence-corrected chi connectivity index (χ3v) is 5.23. The summed E-state index contributed by atoms with van der Waals surface area (Å²) in [5, 5.41) is 2.90. The van der Waals surface area contributed by atoms with Gasteiger partial charge in [0.15, 0.2) is 4.64 Å². The fourth-order valence-electron chi connectivity index (χ4n) is 3.45. The molecule has 0 aliphatic carbocycles. The molecule has 0 atom stereocenters. The van der Waals surface area contributed by atoms with E-state index in [1.807, 2.05) is 32.6 Å². The number of benzene rings is 1. The van der Waals surface area contributed by atoms with Crippen LogP contribution in [0.1, 0.15) is 45.9 Å². The Morgan fingerprint density at radius 1 is 1.16 bits per heavy atom. The van der Waals surface area contributed by atoms with Crippen LogP contribution >= 0.6 is 12.2 Å². The van der Waals surface area contributed by atoms with Crippen LogP contribution in [0, 0.1) is 23.2 Å². The molecule has 0 saturated carbocycles. The van der Waals surface area contributed by atoms with Crippen molar-refractivity contribution < 1.29 is 13.6 Å². The van der Waals surface area contributed by atoms with E-state index in [2.05, 4.69) is 20.2 Å². The first-order valence-electron chi connectivity index (χ1n) is 10.7. The monoisotopic (exact) mass is 451 g/mol. The van der Waals surface area contributed by atoms with Gasteiger partial charge in [-0.2, -0.15) is 0 Å². The second kappa shape index (κ2) is 11.7. The summed E-state index contributed by atoms with van der Waals surface area (Å²) in [5.74, 6) is 0.0379. The third-order valence-electron chi connectivity index (χ3n) is 4.94. The highest BCUT2D eigenvalue weighted by Crippen LogP contribution is 2.25. The maximum atomic E-state index is 14.2. The Kier molecular flexibility index (Phi) is 9.36. The molecule has 2 aromatic rings. The van der Waals surface area contributed by atoms with Crippen molar-refractivity contribution in [3.8, 4) is 0 Å². The maximum absolute atomic E-state index is 14.2. The Morgan fingerprint density at radius 3 is 2.48 bits per heavy atom. The molecule has 6 nitrogen and oxygen atoms in total. The summed E-state index contributed by atoms with van der Waals surface area (Å²) in [5.41, 5.74) is 0.849. The Morgan fingerprint density at radius 2 is 1.87 bits per heavy atom. The first-order valence-corrected chi connectivity index (χ1v) is 11.1. The molecule has 0 aliphatic heterocycles. The van der Waals surface area contributed by atoms with Crippen molar-refractivity contribution in [2.24, 2.45) is 0 Å². The molecule has 31 heavy (non-hydrogen) atoms. The van der Waals surface area contributed by atoms with Crippen molar-refractivity contribution >= 4 is 35.3 Å². The van der Waals surface area contributed by atoms with Crippen LogP contribution in [0.5, 0.6) is 0 Å². The lowest BCUT2D eigenvalue weighted by Crippen LogP contribution is -2.28. The minimum absolute atomic E-state index is 0.186. The first-order chi connectivity index (χ1) is 14.8. The van der Waals surface area contributed by atoms with Crippen molar-refractivity contribution in [3.05, 3.63) is 40.3 Å². The molecule has 0 radical (unpaired) electrons. The zero-order valence-corrected chi connectivity index (χ0v) is 19.4. The quantitative estimate of drug-likeness (QED) is 0.459. The molecule has 170 valence electrons. The number of halogens is 2. The van der Waals surface area contributed by atoms with Crippen LogP contribution in [0.4, 0.5) is 26.0 Å². The van der Waals surface area contributed by atoms with Gasteiger partial charge < -0.3 is 20.1 Å². The van der Waals surface area contributed by atoms with Gasteiger partial charge in [-0.05, 0) is 45.7 Å². The van der Waals surface area contributed by atoms with Crippen LogP contribution < -0.4 is 15.1 Å². The van der Waals surface area contributed by atoms with Crippen LogP contribution in [0.15, 0.2) is 18.2 Å². The lowest BCUT2D eigenvalue weighted by atomic mass is 10.2. The Balaban J connectivity index is 2.07. The van der Waals surface area contributed by atoms with Crippen LogP contribution in [-0.2, 0) is 4.79 Å². The summed E-state index contributed by atoms with van der Waals surface area (Å²) >= 11 is 5.38. The van der Waals surface area contributed by atoms with Gasteiger partial charge in [0.25, 0.3) is 0 Å². The molecule has 0 fully saturated rings. The van der Waals surface area contributed by atoms with Crippen LogP contribution in [-0.4, -0.2) is 42.1 Å². The first kappa shape index (κ1) is 24.7. The number of hydrogen-bond acceptors (Lipinski definition) is 5. The minimum atomic E-state index is -0.607. The molecule has 1 aromatic carbocycles. The molecule has 1 amide bonds. The lowest BCUT2D eigenvalue weighted by Gasteiger charge is -2.25. The van der Waals surface area contributed by atoms with Gasteiger partial charge in [0.05, 0.1) is 5.69 Å². The number of aromatic nitrogens is 2. The number of aryl methyl sites for hydroxylation is 1. The summed E-state index contributed by atoms with van der Waals surface area (Å²) in [6.07, 6.45) is 1.56. The van der Waals surface area contributed by atoms with E-state index in [4.69, 9.17) is 12.2 Å². The van der Waals surface area contributed by atoms with E-state index in [0.29, 0.717) is 41.4 Å². The highest BCUT2D eigenvalue weighted by molar-refractivity contribution is 7.71. The van der Waals surface area contributed by atoms with Crippen molar-refractivity contribution in [2.75, 3.05) is 41.3 Å². The fourth-order valence-corrected chi connectivity index (χ4v) is 3.74. The number of aromatic amines is 1. The van der Waals surface area contributed by atoms with Gasteiger partial charge >= 0.3 is 0 Å². The molecule has 1 aromatic heterocycles. The van der Waals surface area contributed by atoms with Crippen LogP contribution in [0.3, 0.4) is 0 Å². The van der Waals surface area contributed by atoms with E-state index in [0.717, 1.165) is 31.4 Å². The molecule has 9 heteroatoms. The molecule has 0 saturated heterocycles. The zero-order chi connectivity index (χ0) is 23.0. The normalized spacial score (nSPS) is 10.8. The fraction of sp³-hybridized carbons (Fsp3) is 0.500. The Labute approximate surface area is 187 Å². The van der Waals surface area contributed by atoms with Crippen molar-refractivity contribution in [1.29, 1.82) is 0 Å². The second-order valence-corrected chi connectivity index (χ2v) is 7.64. The molecular formula is C22H31F2N5OS. The van der Waals surface area contributed by atoms with E-state index >= 15 is 0 Å². The number of nitrogens with zero attached hydrogens (tertiary/aromatic N) is 3. The number of nitrogens with one attached hydrogen (secondary N) is 2. The lowest BCUT2D eigenvalue weighted by molar-refractivity contribution is -0.116. The van der Waals surface area contributed by atoms with Crippen molar-refractivity contribution in [2.45, 2.75) is 47.0 Å². The molecule has 0 bridgehead atoms. The summed E-state index contributed by atoms with van der Waals surface area (Å²) in [7, 11) is 0. The Hall–Kier alpha value is -2.55. The van der Waals surface area contributed by atoms with E-state index in [1.54, 1.807) is 0 Å². The van der Waals surface area contributed by atoms with Gasteiger partial charge in [-0.1, -0.05) is 19.1 Å². The summed E-state index contributed by atoms with van der Waals surface area (Å²) in [6, 6.07) is 3.56. The summed E-state index contributed by atoms with van der Waals surface area (Å²) in [6.45, 7) is 10.5. The molecule has 2 N–H and O–H groups in total. The number of carbonyl (C=O) groups excluding carboxylic acids is 1. The highest BCUT2D eigenvalue weighted by atomic mass is 32.1. The molecule has 2 rings (SSSR count). The molecule has 0 spiro atoms. The Bertz CT molecular complexity index is 946. The number of rotatable bonds is 11. The molecule has 1 heterocycles. The number of H-pyrrole nitrogens is 1. The van der Waals surface area contributed by atoms with E-state index in [-0.39, 0.29) is 12.3 Å². The van der Waals surface area contributed by atoms with Crippen LogP contribution in [0.25, 0.3) is 0 Å². The van der Waals surface area contributed by atoms with Crippen molar-refractivity contribution in [1.82, 2.24) is 9.97 Å². The average Bonchev–Trinajstić information content (AvgIpc) is 2.71. The third kappa shape index (κ3) is 6.72. The van der Waals surface area contributed by atoms with Gasteiger partial charge in [0.1, 0.15) is 29.0 Å². The SMILES string of the molecule is CCCN(CCCC(=O)Nc1c(N(CC)CC)[nH]c(C)nc1=S)c1ccc(F)cc1F.